The van der Waals surface area contributed by atoms with Crippen LogP contribution in [0.25, 0.3) is 83.9 Å². The fraction of sp³-hybridized carbons (Fsp3) is 0.172. The number of phenolic OH excluding ortho intramolecular Hbond substituents is 1. The van der Waals surface area contributed by atoms with Gasteiger partial charge in [-0.1, -0.05) is 164 Å². The van der Waals surface area contributed by atoms with Crippen LogP contribution in [0.4, 0.5) is 0 Å². The van der Waals surface area contributed by atoms with E-state index in [-0.39, 0.29) is 23.0 Å². The van der Waals surface area contributed by atoms with Gasteiger partial charge in [-0.05, 0) is 127 Å². The first kappa shape index (κ1) is 40.4. The zero-order chi connectivity index (χ0) is 43.1. The van der Waals surface area contributed by atoms with Crippen molar-refractivity contribution in [2.75, 3.05) is 0 Å². The average molecular weight is 808 g/mol. The van der Waals surface area contributed by atoms with Crippen molar-refractivity contribution in [3.05, 3.63) is 193 Å². The first-order valence-corrected chi connectivity index (χ1v) is 21.8. The summed E-state index contributed by atoms with van der Waals surface area (Å²) in [6.45, 7) is 15.5. The van der Waals surface area contributed by atoms with Gasteiger partial charge in [0, 0.05) is 17.3 Å². The maximum Gasteiger partial charge on any atom is 0.149 e. The van der Waals surface area contributed by atoms with Crippen LogP contribution in [0.2, 0.25) is 0 Å². The second kappa shape index (κ2) is 16.4. The van der Waals surface area contributed by atoms with Crippen LogP contribution >= 0.6 is 0 Å². The summed E-state index contributed by atoms with van der Waals surface area (Å²) in [7, 11) is 0. The van der Waals surface area contributed by atoms with Crippen LogP contribution in [0.3, 0.4) is 0 Å². The molecule has 0 aliphatic heterocycles. The number of aromatic nitrogens is 3. The van der Waals surface area contributed by atoms with Gasteiger partial charge >= 0.3 is 0 Å². The third-order valence-corrected chi connectivity index (χ3v) is 12.0. The smallest absolute Gasteiger partial charge is 0.149 e. The highest BCUT2D eigenvalue weighted by atomic mass is 16.3. The first-order chi connectivity index (χ1) is 29.9. The molecule has 306 valence electrons. The molecule has 0 fully saturated rings. The molecule has 9 rings (SSSR count). The lowest BCUT2D eigenvalue weighted by atomic mass is 9.83. The van der Waals surface area contributed by atoms with Gasteiger partial charge in [0.1, 0.15) is 11.6 Å². The molecule has 0 saturated carbocycles. The van der Waals surface area contributed by atoms with Crippen LogP contribution in [-0.4, -0.2) is 19.6 Å². The minimum Gasteiger partial charge on any atom is -0.507 e. The second-order valence-electron chi connectivity index (χ2n) is 18.1. The molecule has 62 heavy (non-hydrogen) atoms. The number of aromatic hydroxyl groups is 1. The third kappa shape index (κ3) is 7.74. The number of imidazole rings is 1. The minimum atomic E-state index is -0.225. The Bertz CT molecular complexity index is 3050. The predicted octanol–water partition coefficient (Wildman–Crippen LogP) is 15.7. The summed E-state index contributed by atoms with van der Waals surface area (Å²) in [6.07, 6.45) is 1.90. The van der Waals surface area contributed by atoms with Crippen LogP contribution in [-0.2, 0) is 5.41 Å². The van der Waals surface area contributed by atoms with E-state index in [0.717, 1.165) is 78.0 Å². The topological polar surface area (TPSA) is 50.9 Å². The number of fused-ring (bicyclic) bond motifs is 1. The molecule has 7 aromatic carbocycles. The Morgan fingerprint density at radius 1 is 0.500 bits per heavy atom. The fourth-order valence-electron chi connectivity index (χ4n) is 8.65. The first-order valence-electron chi connectivity index (χ1n) is 21.8. The van der Waals surface area contributed by atoms with E-state index in [1.54, 1.807) is 0 Å². The van der Waals surface area contributed by atoms with Crippen molar-refractivity contribution in [3.8, 4) is 78.6 Å². The molecule has 0 unspecified atom stereocenters. The summed E-state index contributed by atoms with van der Waals surface area (Å²) in [4.78, 5) is 10.6. The molecule has 0 spiro atoms. The molecule has 4 nitrogen and oxygen atoms in total. The van der Waals surface area contributed by atoms with Gasteiger partial charge in [0.05, 0.1) is 28.0 Å². The monoisotopic (exact) mass is 807 g/mol. The zero-order valence-electron chi connectivity index (χ0n) is 36.7. The lowest BCUT2D eigenvalue weighted by molar-refractivity contribution is 0.466. The third-order valence-electron chi connectivity index (χ3n) is 12.0. The number of rotatable bonds is 9. The summed E-state index contributed by atoms with van der Waals surface area (Å²) in [5.74, 6) is 1.36. The van der Waals surface area contributed by atoms with Gasteiger partial charge in [0.2, 0.25) is 0 Å². The summed E-state index contributed by atoms with van der Waals surface area (Å²) in [5, 5.41) is 12.3. The summed E-state index contributed by atoms with van der Waals surface area (Å²) < 4.78 is 2.30. The van der Waals surface area contributed by atoms with Gasteiger partial charge in [0.25, 0.3) is 0 Å². The number of para-hydroxylation sites is 1. The quantitative estimate of drug-likeness (QED) is 0.158. The van der Waals surface area contributed by atoms with Crippen molar-refractivity contribution in [2.45, 2.75) is 65.7 Å². The van der Waals surface area contributed by atoms with Crippen LogP contribution in [0.15, 0.2) is 176 Å². The normalized spacial score (nSPS) is 11.8. The van der Waals surface area contributed by atoms with E-state index in [4.69, 9.17) is 9.97 Å². The largest absolute Gasteiger partial charge is 0.507 e. The maximum atomic E-state index is 12.3. The van der Waals surface area contributed by atoms with Crippen LogP contribution in [0.1, 0.15) is 77.0 Å². The van der Waals surface area contributed by atoms with Gasteiger partial charge in [-0.25, -0.2) is 4.98 Å². The Balaban J connectivity index is 1.34. The summed E-state index contributed by atoms with van der Waals surface area (Å²) in [6, 6.07) is 60.2. The summed E-state index contributed by atoms with van der Waals surface area (Å²) >= 11 is 0. The van der Waals surface area contributed by atoms with E-state index in [0.29, 0.717) is 5.82 Å². The fourth-order valence-corrected chi connectivity index (χ4v) is 8.65. The Morgan fingerprint density at radius 2 is 1.10 bits per heavy atom. The molecule has 0 saturated heterocycles. The molecule has 0 aliphatic rings. The molecule has 9 aromatic rings. The van der Waals surface area contributed by atoms with Crippen molar-refractivity contribution in [1.29, 1.82) is 0 Å². The molecule has 1 N–H and O–H groups in total. The lowest BCUT2D eigenvalue weighted by Gasteiger charge is -2.26. The number of nitrogens with zero attached hydrogens (tertiary/aromatic N) is 3. The molecule has 0 radical (unpaired) electrons. The van der Waals surface area contributed by atoms with Gasteiger partial charge in [-0.2, -0.15) is 0 Å². The average Bonchev–Trinajstić information content (AvgIpc) is 3.68. The molecule has 0 atom stereocenters. The van der Waals surface area contributed by atoms with E-state index in [9.17, 15) is 5.11 Å². The number of pyridine rings is 1. The lowest BCUT2D eigenvalue weighted by Crippen LogP contribution is -2.16. The predicted molar refractivity (Wildman–Crippen MR) is 260 cm³/mol. The van der Waals surface area contributed by atoms with Crippen molar-refractivity contribution >= 4 is 11.0 Å². The summed E-state index contributed by atoms with van der Waals surface area (Å²) in [5.41, 5.74) is 17.4. The van der Waals surface area contributed by atoms with E-state index in [2.05, 4.69) is 217 Å². The highest BCUT2D eigenvalue weighted by Gasteiger charge is 2.27. The number of hydrogen-bond acceptors (Lipinski definition) is 3. The highest BCUT2D eigenvalue weighted by molar-refractivity contribution is 5.98. The SMILES string of the molecule is CC(C)c1cc(-c2nc3c(-c4cc(-c5ccccc5)cc(-c5cc(-c6ccccc6)ccn5)c4)cccc3n2-c2ccc(-c3ccccc3)cc2C(C)(C)C)c(O)c(C(C)C)c1. The Kier molecular flexibility index (Phi) is 10.7. The standard InChI is InChI=1S/C58H53N3O/c1-37(2)44-33-49(38(3)4)56(62)50(34-44)57-60-55-48(24-17-25-54(55)61(57)53-27-26-42(35-51(53)58(5,6)7)39-18-11-8-12-19-39)46-30-45(41-22-15-10-16-23-41)31-47(32-46)52-36-43(28-29-59-52)40-20-13-9-14-21-40/h8-38,62H,1-7H3. The molecule has 0 bridgehead atoms. The van der Waals surface area contributed by atoms with E-state index < -0.39 is 0 Å². The van der Waals surface area contributed by atoms with Crippen LogP contribution < -0.4 is 0 Å². The molecule has 0 amide bonds. The molecule has 0 aliphatic carbocycles. The van der Waals surface area contributed by atoms with Crippen molar-refractivity contribution in [1.82, 2.24) is 14.5 Å². The Labute approximate surface area is 366 Å². The van der Waals surface area contributed by atoms with E-state index in [1.165, 1.54) is 16.7 Å². The molecule has 2 aromatic heterocycles. The van der Waals surface area contributed by atoms with Crippen molar-refractivity contribution in [2.24, 2.45) is 0 Å². The van der Waals surface area contributed by atoms with Crippen molar-refractivity contribution in [3.63, 3.8) is 0 Å². The van der Waals surface area contributed by atoms with Gasteiger partial charge in [0.15, 0.2) is 0 Å². The number of hydrogen-bond donors (Lipinski definition) is 1. The number of benzene rings is 7. The van der Waals surface area contributed by atoms with E-state index >= 15 is 0 Å². The van der Waals surface area contributed by atoms with Gasteiger partial charge in [-0.3, -0.25) is 9.55 Å². The molecule has 2 heterocycles. The van der Waals surface area contributed by atoms with Gasteiger partial charge in [-0.15, -0.1) is 0 Å². The number of phenols is 1. The van der Waals surface area contributed by atoms with E-state index in [1.807, 2.05) is 12.3 Å². The molecular weight excluding hydrogens is 755 g/mol. The zero-order valence-corrected chi connectivity index (χ0v) is 36.7. The van der Waals surface area contributed by atoms with Gasteiger partial charge < -0.3 is 5.11 Å². The van der Waals surface area contributed by atoms with Crippen LogP contribution in [0, 0.1) is 0 Å². The second-order valence-corrected chi connectivity index (χ2v) is 18.1. The van der Waals surface area contributed by atoms with Crippen molar-refractivity contribution < 1.29 is 5.11 Å². The molecular formula is C58H53N3O. The molecule has 4 heteroatoms. The Morgan fingerprint density at radius 3 is 1.71 bits per heavy atom. The highest BCUT2D eigenvalue weighted by Crippen LogP contribution is 2.45. The maximum absolute atomic E-state index is 12.3. The minimum absolute atomic E-state index is 0.115. The van der Waals surface area contributed by atoms with Crippen LogP contribution in [0.5, 0.6) is 5.75 Å². The Hall–Kier alpha value is -7.04.